The molecule has 0 saturated heterocycles. The first kappa shape index (κ1) is 30.9. The zero-order chi connectivity index (χ0) is 32.8. The molecule has 0 atom stereocenters. The standard InChI is InChI=1S/C36H33N5O6/c1-44-31-18-24(19-32(45-2)34(31)46-3)40-35-37-17-16-30(41-35)22-12-14-23(15-13-22)39-33(42)20-38-36(43)47-21-29-27-10-6-4-8-25(27)26-9-5-7-11-28(26)29/h4-19,29H,20-21H2,1-3H3,(H,38,43)(H,39,42)(H,37,40,41). The van der Waals surface area contributed by atoms with Crippen molar-refractivity contribution in [1.29, 1.82) is 0 Å². The minimum absolute atomic E-state index is 0.0586. The Balaban J connectivity index is 1.02. The van der Waals surface area contributed by atoms with Gasteiger partial charge in [-0.05, 0) is 40.5 Å². The molecule has 6 rings (SSSR count). The number of fused-ring (bicyclic) bond motifs is 3. The molecule has 4 aromatic carbocycles. The van der Waals surface area contributed by atoms with Gasteiger partial charge in [0.25, 0.3) is 0 Å². The van der Waals surface area contributed by atoms with Gasteiger partial charge in [-0.2, -0.15) is 0 Å². The fourth-order valence-corrected chi connectivity index (χ4v) is 5.59. The summed E-state index contributed by atoms with van der Waals surface area (Å²) in [6.07, 6.45) is 0.991. The lowest BCUT2D eigenvalue weighted by atomic mass is 9.98. The van der Waals surface area contributed by atoms with E-state index < -0.39 is 6.09 Å². The van der Waals surface area contributed by atoms with Gasteiger partial charge in [-0.3, -0.25) is 4.79 Å². The fourth-order valence-electron chi connectivity index (χ4n) is 5.59. The van der Waals surface area contributed by atoms with Crippen molar-refractivity contribution < 1.29 is 28.5 Å². The molecule has 1 heterocycles. The number of carbonyl (C=O) groups is 2. The van der Waals surface area contributed by atoms with Crippen molar-refractivity contribution in [3.63, 3.8) is 0 Å². The highest BCUT2D eigenvalue weighted by molar-refractivity contribution is 5.94. The smallest absolute Gasteiger partial charge is 0.407 e. The molecule has 2 amide bonds. The van der Waals surface area contributed by atoms with Crippen LogP contribution in [0.3, 0.4) is 0 Å². The number of methoxy groups -OCH3 is 3. The maximum Gasteiger partial charge on any atom is 0.407 e. The molecule has 0 unspecified atom stereocenters. The van der Waals surface area contributed by atoms with Crippen molar-refractivity contribution in [1.82, 2.24) is 15.3 Å². The SMILES string of the molecule is COc1cc(Nc2nccc(-c3ccc(NC(=O)CNC(=O)OCC4c5ccccc5-c5ccccc54)cc3)n2)cc(OC)c1OC. The van der Waals surface area contributed by atoms with Gasteiger partial charge in [0.15, 0.2) is 11.5 Å². The number of carbonyl (C=O) groups excluding carboxylic acids is 2. The predicted octanol–water partition coefficient (Wildman–Crippen LogP) is 6.39. The Morgan fingerprint density at radius 1 is 0.766 bits per heavy atom. The van der Waals surface area contributed by atoms with Crippen LogP contribution in [-0.4, -0.2) is 56.4 Å². The summed E-state index contributed by atoms with van der Waals surface area (Å²) in [5.41, 5.74) is 7.25. The second-order valence-electron chi connectivity index (χ2n) is 10.6. The van der Waals surface area contributed by atoms with E-state index in [0.717, 1.165) is 27.8 Å². The van der Waals surface area contributed by atoms with Crippen LogP contribution in [-0.2, 0) is 9.53 Å². The van der Waals surface area contributed by atoms with Gasteiger partial charge in [-0.25, -0.2) is 14.8 Å². The van der Waals surface area contributed by atoms with Gasteiger partial charge in [0.2, 0.25) is 17.6 Å². The predicted molar refractivity (Wildman–Crippen MR) is 179 cm³/mol. The van der Waals surface area contributed by atoms with E-state index in [0.29, 0.717) is 40.3 Å². The van der Waals surface area contributed by atoms with Gasteiger partial charge in [0, 0.05) is 41.2 Å². The maximum absolute atomic E-state index is 12.6. The monoisotopic (exact) mass is 631 g/mol. The number of nitrogens with zero attached hydrogens (tertiary/aromatic N) is 2. The highest BCUT2D eigenvalue weighted by Crippen LogP contribution is 2.44. The van der Waals surface area contributed by atoms with Crippen LogP contribution in [0.5, 0.6) is 17.2 Å². The third-order valence-electron chi connectivity index (χ3n) is 7.78. The van der Waals surface area contributed by atoms with Crippen LogP contribution in [0.4, 0.5) is 22.1 Å². The number of aromatic nitrogens is 2. The van der Waals surface area contributed by atoms with Crippen LogP contribution in [0.15, 0.2) is 97.2 Å². The van der Waals surface area contributed by atoms with Crippen molar-refractivity contribution in [3.8, 4) is 39.6 Å². The van der Waals surface area contributed by atoms with Crippen molar-refractivity contribution in [2.24, 2.45) is 0 Å². The van der Waals surface area contributed by atoms with Crippen LogP contribution >= 0.6 is 0 Å². The molecular weight excluding hydrogens is 598 g/mol. The Kier molecular flexibility index (Phi) is 9.14. The Morgan fingerprint density at radius 3 is 2.02 bits per heavy atom. The number of amides is 2. The number of hydrogen-bond acceptors (Lipinski definition) is 9. The van der Waals surface area contributed by atoms with Gasteiger partial charge in [0.05, 0.1) is 27.0 Å². The summed E-state index contributed by atoms with van der Waals surface area (Å²) in [6.45, 7) is -0.0635. The summed E-state index contributed by atoms with van der Waals surface area (Å²) < 4.78 is 21.8. The fraction of sp³-hybridized carbons (Fsp3) is 0.167. The minimum atomic E-state index is -0.655. The molecule has 3 N–H and O–H groups in total. The second kappa shape index (κ2) is 13.9. The van der Waals surface area contributed by atoms with Gasteiger partial charge in [-0.15, -0.1) is 0 Å². The first-order valence-corrected chi connectivity index (χ1v) is 14.9. The lowest BCUT2D eigenvalue weighted by Gasteiger charge is -2.15. The lowest BCUT2D eigenvalue weighted by Crippen LogP contribution is -2.33. The molecule has 0 spiro atoms. The molecule has 47 heavy (non-hydrogen) atoms. The molecule has 0 radical (unpaired) electrons. The molecule has 11 nitrogen and oxygen atoms in total. The second-order valence-corrected chi connectivity index (χ2v) is 10.6. The summed E-state index contributed by atoms with van der Waals surface area (Å²) in [7, 11) is 4.64. The maximum atomic E-state index is 12.6. The molecule has 0 fully saturated rings. The zero-order valence-corrected chi connectivity index (χ0v) is 26.1. The minimum Gasteiger partial charge on any atom is -0.493 e. The van der Waals surface area contributed by atoms with Crippen LogP contribution < -0.4 is 30.2 Å². The highest BCUT2D eigenvalue weighted by Gasteiger charge is 2.29. The molecule has 1 aliphatic carbocycles. The summed E-state index contributed by atoms with van der Waals surface area (Å²) in [5.74, 6) is 1.40. The Bertz CT molecular complexity index is 1840. The molecule has 1 aliphatic rings. The first-order valence-electron chi connectivity index (χ1n) is 14.9. The van der Waals surface area contributed by atoms with E-state index in [1.165, 1.54) is 0 Å². The van der Waals surface area contributed by atoms with E-state index in [9.17, 15) is 9.59 Å². The molecule has 1 aromatic heterocycles. The number of hydrogen-bond donors (Lipinski definition) is 3. The van der Waals surface area contributed by atoms with Gasteiger partial charge < -0.3 is 34.9 Å². The summed E-state index contributed by atoms with van der Waals surface area (Å²) in [4.78, 5) is 34.0. The van der Waals surface area contributed by atoms with Crippen LogP contribution in [0.1, 0.15) is 17.0 Å². The van der Waals surface area contributed by atoms with E-state index in [1.54, 1.807) is 57.9 Å². The average molecular weight is 632 g/mol. The molecule has 0 bridgehead atoms. The summed E-state index contributed by atoms with van der Waals surface area (Å²) in [6, 6.07) is 28.7. The van der Waals surface area contributed by atoms with Crippen molar-refractivity contribution in [3.05, 3.63) is 108 Å². The number of benzene rings is 4. The van der Waals surface area contributed by atoms with Crippen molar-refractivity contribution >= 4 is 29.3 Å². The molecule has 0 saturated carbocycles. The Hall–Kier alpha value is -6.10. The topological polar surface area (TPSA) is 133 Å². The zero-order valence-electron chi connectivity index (χ0n) is 26.1. The van der Waals surface area contributed by atoms with Gasteiger partial charge in [0.1, 0.15) is 13.2 Å². The van der Waals surface area contributed by atoms with Crippen molar-refractivity contribution in [2.45, 2.75) is 5.92 Å². The molecular formula is C36H33N5O6. The Morgan fingerprint density at radius 2 is 1.40 bits per heavy atom. The molecule has 5 aromatic rings. The number of nitrogens with one attached hydrogen (secondary N) is 3. The number of alkyl carbamates (subject to hydrolysis) is 1. The van der Waals surface area contributed by atoms with Gasteiger partial charge in [-0.1, -0.05) is 60.7 Å². The van der Waals surface area contributed by atoms with Crippen LogP contribution in [0, 0.1) is 0 Å². The van der Waals surface area contributed by atoms with E-state index in [-0.39, 0.29) is 25.0 Å². The van der Waals surface area contributed by atoms with E-state index in [4.69, 9.17) is 18.9 Å². The normalized spacial score (nSPS) is 11.6. The third-order valence-corrected chi connectivity index (χ3v) is 7.78. The van der Waals surface area contributed by atoms with Crippen LogP contribution in [0.25, 0.3) is 22.4 Å². The van der Waals surface area contributed by atoms with E-state index >= 15 is 0 Å². The summed E-state index contributed by atoms with van der Waals surface area (Å²) in [5, 5.41) is 8.49. The van der Waals surface area contributed by atoms with Crippen molar-refractivity contribution in [2.75, 3.05) is 45.1 Å². The van der Waals surface area contributed by atoms with E-state index in [2.05, 4.69) is 50.2 Å². The highest BCUT2D eigenvalue weighted by atomic mass is 16.5. The number of anilines is 3. The molecule has 0 aliphatic heterocycles. The van der Waals surface area contributed by atoms with Crippen LogP contribution in [0.2, 0.25) is 0 Å². The molecule has 11 heteroatoms. The number of ether oxygens (including phenoxy) is 4. The van der Waals surface area contributed by atoms with Gasteiger partial charge >= 0.3 is 6.09 Å². The first-order chi connectivity index (χ1) is 23.0. The summed E-state index contributed by atoms with van der Waals surface area (Å²) >= 11 is 0. The van der Waals surface area contributed by atoms with E-state index in [1.807, 2.05) is 36.4 Å². The quantitative estimate of drug-likeness (QED) is 0.152. The number of rotatable bonds is 11. The third kappa shape index (κ3) is 6.79. The average Bonchev–Trinajstić information content (AvgIpc) is 3.43. The largest absolute Gasteiger partial charge is 0.493 e. The lowest BCUT2D eigenvalue weighted by molar-refractivity contribution is -0.115. The molecule has 238 valence electrons. The Labute approximate surface area is 271 Å².